The van der Waals surface area contributed by atoms with Crippen LogP contribution < -0.4 is 5.32 Å². The molecule has 4 nitrogen and oxygen atoms in total. The van der Waals surface area contributed by atoms with Gasteiger partial charge in [0.1, 0.15) is 0 Å². The highest BCUT2D eigenvalue weighted by Crippen LogP contribution is 2.38. The van der Waals surface area contributed by atoms with E-state index in [-0.39, 0.29) is 0 Å². The molecule has 2 aromatic rings. The van der Waals surface area contributed by atoms with E-state index in [4.69, 9.17) is 16.1 Å². The molecule has 0 atom stereocenters. The largest absolute Gasteiger partial charge is 0.334 e. The minimum absolute atomic E-state index is 0.465. The lowest BCUT2D eigenvalue weighted by atomic mass is 10.2. The molecule has 3 rings (SSSR count). The number of nitrogens with one attached hydrogen (secondary N) is 1. The summed E-state index contributed by atoms with van der Waals surface area (Å²) in [4.78, 5) is 4.29. The molecule has 1 fully saturated rings. The summed E-state index contributed by atoms with van der Waals surface area (Å²) in [6.45, 7) is 0.589. The fraction of sp³-hybridized carbons (Fsp3) is 0.333. The van der Waals surface area contributed by atoms with Crippen LogP contribution in [0.4, 0.5) is 6.01 Å². The van der Waals surface area contributed by atoms with Gasteiger partial charge in [-0.25, -0.2) is 0 Å². The molecule has 0 saturated heterocycles. The molecule has 1 aliphatic rings. The average Bonchev–Trinajstić information content (AvgIpc) is 3.08. The van der Waals surface area contributed by atoms with Gasteiger partial charge < -0.3 is 9.84 Å². The first-order valence-electron chi connectivity index (χ1n) is 5.64. The first-order chi connectivity index (χ1) is 8.33. The predicted molar refractivity (Wildman–Crippen MR) is 65.1 cm³/mol. The average molecular weight is 250 g/mol. The molecule has 1 saturated carbocycles. The number of aromatic nitrogens is 2. The van der Waals surface area contributed by atoms with Crippen LogP contribution in [-0.4, -0.2) is 10.1 Å². The van der Waals surface area contributed by atoms with Gasteiger partial charge in [-0.15, -0.1) is 0 Å². The highest BCUT2D eigenvalue weighted by Gasteiger charge is 2.28. The lowest BCUT2D eigenvalue weighted by Gasteiger charge is -2.03. The number of hydrogen-bond donors (Lipinski definition) is 1. The molecule has 0 aliphatic heterocycles. The van der Waals surface area contributed by atoms with E-state index < -0.39 is 0 Å². The van der Waals surface area contributed by atoms with E-state index in [2.05, 4.69) is 15.5 Å². The molecule has 5 heteroatoms. The number of hydrogen-bond acceptors (Lipinski definition) is 4. The van der Waals surface area contributed by atoms with Crippen LogP contribution in [-0.2, 0) is 6.54 Å². The summed E-state index contributed by atoms with van der Waals surface area (Å²) in [5.41, 5.74) is 1.01. The molecule has 0 spiro atoms. The Morgan fingerprint density at radius 3 is 2.94 bits per heavy atom. The van der Waals surface area contributed by atoms with E-state index in [1.54, 1.807) is 0 Å². The van der Waals surface area contributed by atoms with Crippen molar-refractivity contribution in [1.82, 2.24) is 10.1 Å². The van der Waals surface area contributed by atoms with Crippen molar-refractivity contribution < 1.29 is 4.52 Å². The monoisotopic (exact) mass is 249 g/mol. The summed E-state index contributed by atoms with van der Waals surface area (Å²) in [5.74, 6) is 1.32. The number of anilines is 1. The topological polar surface area (TPSA) is 51.0 Å². The van der Waals surface area contributed by atoms with Crippen LogP contribution in [0.2, 0.25) is 5.02 Å². The normalized spacial score (nSPS) is 14.9. The Bertz CT molecular complexity index is 522. The van der Waals surface area contributed by atoms with Crippen LogP contribution in [0, 0.1) is 0 Å². The lowest BCUT2D eigenvalue weighted by molar-refractivity contribution is 0.422. The summed E-state index contributed by atoms with van der Waals surface area (Å²) >= 11 is 6.05. The zero-order chi connectivity index (χ0) is 11.7. The van der Waals surface area contributed by atoms with Crippen molar-refractivity contribution in [2.45, 2.75) is 25.3 Å². The van der Waals surface area contributed by atoms with E-state index >= 15 is 0 Å². The zero-order valence-corrected chi connectivity index (χ0v) is 9.94. The third-order valence-electron chi connectivity index (χ3n) is 2.77. The second-order valence-electron chi connectivity index (χ2n) is 4.18. The van der Waals surface area contributed by atoms with Crippen LogP contribution in [0.5, 0.6) is 0 Å². The van der Waals surface area contributed by atoms with Crippen molar-refractivity contribution in [3.63, 3.8) is 0 Å². The number of halogens is 1. The Morgan fingerprint density at radius 2 is 2.18 bits per heavy atom. The molecule has 1 heterocycles. The minimum Gasteiger partial charge on any atom is -0.334 e. The molecular weight excluding hydrogens is 238 g/mol. The molecule has 1 aliphatic carbocycles. The van der Waals surface area contributed by atoms with Gasteiger partial charge in [0.15, 0.2) is 5.82 Å². The van der Waals surface area contributed by atoms with Gasteiger partial charge in [0.25, 0.3) is 0 Å². The van der Waals surface area contributed by atoms with Crippen LogP contribution >= 0.6 is 11.6 Å². The van der Waals surface area contributed by atoms with E-state index in [1.807, 2.05) is 24.3 Å². The number of rotatable bonds is 4. The van der Waals surface area contributed by atoms with E-state index in [0.717, 1.165) is 16.4 Å². The van der Waals surface area contributed by atoms with Gasteiger partial charge in [0.2, 0.25) is 0 Å². The van der Waals surface area contributed by atoms with Crippen LogP contribution in [0.3, 0.4) is 0 Å². The Kier molecular flexibility index (Phi) is 2.73. The second kappa shape index (κ2) is 4.37. The first kappa shape index (κ1) is 10.6. The van der Waals surface area contributed by atoms with Gasteiger partial charge in [-0.3, -0.25) is 0 Å². The minimum atomic E-state index is 0.465. The van der Waals surface area contributed by atoms with Crippen LogP contribution in [0.15, 0.2) is 28.8 Å². The van der Waals surface area contributed by atoms with Gasteiger partial charge in [-0.2, -0.15) is 4.98 Å². The number of benzene rings is 1. The Hall–Kier alpha value is -1.55. The van der Waals surface area contributed by atoms with E-state index in [9.17, 15) is 0 Å². The molecule has 0 unspecified atom stereocenters. The van der Waals surface area contributed by atoms with Gasteiger partial charge >= 0.3 is 6.01 Å². The molecule has 1 aromatic carbocycles. The molecular formula is C12H12ClN3O. The van der Waals surface area contributed by atoms with Crippen LogP contribution in [0.1, 0.15) is 30.1 Å². The summed E-state index contributed by atoms with van der Waals surface area (Å²) in [7, 11) is 0. The van der Waals surface area contributed by atoms with Crippen molar-refractivity contribution >= 4 is 17.6 Å². The van der Waals surface area contributed by atoms with Gasteiger partial charge in [-0.1, -0.05) is 35.0 Å². The fourth-order valence-corrected chi connectivity index (χ4v) is 1.83. The molecule has 17 heavy (non-hydrogen) atoms. The van der Waals surface area contributed by atoms with Crippen molar-refractivity contribution in [2.24, 2.45) is 0 Å². The maximum absolute atomic E-state index is 6.05. The molecule has 0 amide bonds. The van der Waals surface area contributed by atoms with Crippen molar-refractivity contribution in [2.75, 3.05) is 5.32 Å². The first-order valence-corrected chi connectivity index (χ1v) is 6.01. The summed E-state index contributed by atoms with van der Waals surface area (Å²) in [6, 6.07) is 8.15. The smallest absolute Gasteiger partial charge is 0.321 e. The van der Waals surface area contributed by atoms with Gasteiger partial charge in [0.05, 0.1) is 0 Å². The van der Waals surface area contributed by atoms with Gasteiger partial charge in [-0.05, 0) is 24.5 Å². The third kappa shape index (κ3) is 2.42. The summed E-state index contributed by atoms with van der Waals surface area (Å²) in [5, 5.41) is 7.75. The fourth-order valence-electron chi connectivity index (χ4n) is 1.63. The van der Waals surface area contributed by atoms with Crippen molar-refractivity contribution in [3.8, 4) is 0 Å². The van der Waals surface area contributed by atoms with E-state index in [0.29, 0.717) is 18.5 Å². The van der Waals surface area contributed by atoms with E-state index in [1.165, 1.54) is 12.8 Å². The second-order valence-corrected chi connectivity index (χ2v) is 4.58. The number of nitrogens with zero attached hydrogens (tertiary/aromatic N) is 2. The van der Waals surface area contributed by atoms with Crippen molar-refractivity contribution in [3.05, 3.63) is 40.7 Å². The van der Waals surface area contributed by atoms with Crippen molar-refractivity contribution in [1.29, 1.82) is 0 Å². The summed E-state index contributed by atoms with van der Waals surface area (Å²) < 4.78 is 5.11. The molecule has 88 valence electrons. The Balaban J connectivity index is 1.65. The predicted octanol–water partition coefficient (Wildman–Crippen LogP) is 3.21. The molecule has 0 bridgehead atoms. The van der Waals surface area contributed by atoms with Gasteiger partial charge in [0, 0.05) is 17.5 Å². The molecule has 1 aromatic heterocycles. The summed E-state index contributed by atoms with van der Waals surface area (Å²) in [6.07, 6.45) is 2.34. The maximum atomic E-state index is 6.05. The third-order valence-corrected chi connectivity index (χ3v) is 3.14. The Morgan fingerprint density at radius 1 is 1.35 bits per heavy atom. The highest BCUT2D eigenvalue weighted by molar-refractivity contribution is 6.31. The standard InChI is InChI=1S/C12H12ClN3O/c13-10-4-2-1-3-9(10)7-14-12-15-11(16-17-12)8-5-6-8/h1-4,8H,5-7H2,(H,14,15,16). The van der Waals surface area contributed by atoms with Crippen LogP contribution in [0.25, 0.3) is 0 Å². The lowest BCUT2D eigenvalue weighted by Crippen LogP contribution is -2.00. The molecule has 0 radical (unpaired) electrons. The maximum Gasteiger partial charge on any atom is 0.321 e. The highest BCUT2D eigenvalue weighted by atomic mass is 35.5. The molecule has 1 N–H and O–H groups in total. The zero-order valence-electron chi connectivity index (χ0n) is 9.19. The Labute approximate surface area is 104 Å². The quantitative estimate of drug-likeness (QED) is 0.904. The SMILES string of the molecule is Clc1ccccc1CNc1nc(C2CC2)no1.